The van der Waals surface area contributed by atoms with Gasteiger partial charge < -0.3 is 0 Å². The van der Waals surface area contributed by atoms with Crippen LogP contribution in [0.15, 0.2) is 11.6 Å². The molecular formula is C11H19N. The van der Waals surface area contributed by atoms with E-state index in [2.05, 4.69) is 17.9 Å². The zero-order chi connectivity index (χ0) is 8.39. The SMILES string of the molecule is CC1CCCN1CC=C1CCC1. The first kappa shape index (κ1) is 8.31. The zero-order valence-corrected chi connectivity index (χ0v) is 8.05. The minimum Gasteiger partial charge on any atom is -0.297 e. The highest BCUT2D eigenvalue weighted by atomic mass is 15.2. The lowest BCUT2D eigenvalue weighted by Gasteiger charge is -2.22. The number of likely N-dealkylation sites (tertiary alicyclic amines) is 1. The number of allylic oxidation sites excluding steroid dienone is 1. The van der Waals surface area contributed by atoms with Gasteiger partial charge in [0.2, 0.25) is 0 Å². The molecule has 1 nitrogen and oxygen atoms in total. The maximum Gasteiger partial charge on any atom is 0.0168 e. The Balaban J connectivity index is 1.78. The average molecular weight is 165 g/mol. The molecule has 1 saturated heterocycles. The predicted octanol–water partition coefficient (Wildman–Crippen LogP) is 2.58. The van der Waals surface area contributed by atoms with Crippen LogP contribution in [-0.2, 0) is 0 Å². The summed E-state index contributed by atoms with van der Waals surface area (Å²) in [5.41, 5.74) is 1.70. The van der Waals surface area contributed by atoms with Crippen molar-refractivity contribution in [2.45, 2.75) is 45.1 Å². The standard InChI is InChI=1S/C11H19N/c1-10-4-3-8-12(10)9-7-11-5-2-6-11/h7,10H,2-6,8-9H2,1H3. The van der Waals surface area contributed by atoms with E-state index in [0.29, 0.717) is 0 Å². The Morgan fingerprint density at radius 1 is 1.42 bits per heavy atom. The van der Waals surface area contributed by atoms with E-state index in [1.807, 2.05) is 0 Å². The first-order valence-electron chi connectivity index (χ1n) is 5.28. The molecule has 0 aromatic rings. The number of hydrogen-bond donors (Lipinski definition) is 0. The lowest BCUT2D eigenvalue weighted by atomic mass is 9.92. The monoisotopic (exact) mass is 165 g/mol. The van der Waals surface area contributed by atoms with Crippen molar-refractivity contribution in [1.29, 1.82) is 0 Å². The van der Waals surface area contributed by atoms with Crippen molar-refractivity contribution in [2.75, 3.05) is 13.1 Å². The quantitative estimate of drug-likeness (QED) is 0.568. The second-order valence-corrected chi connectivity index (χ2v) is 4.20. The van der Waals surface area contributed by atoms with E-state index in [9.17, 15) is 0 Å². The van der Waals surface area contributed by atoms with Gasteiger partial charge in [-0.1, -0.05) is 11.6 Å². The molecule has 1 heteroatoms. The Bertz CT molecular complexity index is 177. The van der Waals surface area contributed by atoms with E-state index in [1.54, 1.807) is 5.57 Å². The smallest absolute Gasteiger partial charge is 0.0168 e. The van der Waals surface area contributed by atoms with Crippen molar-refractivity contribution >= 4 is 0 Å². The molecule has 0 aromatic carbocycles. The van der Waals surface area contributed by atoms with Crippen LogP contribution in [0.3, 0.4) is 0 Å². The third-order valence-corrected chi connectivity index (χ3v) is 3.30. The van der Waals surface area contributed by atoms with Crippen molar-refractivity contribution in [3.8, 4) is 0 Å². The van der Waals surface area contributed by atoms with E-state index in [-0.39, 0.29) is 0 Å². The Labute approximate surface area is 75.4 Å². The minimum atomic E-state index is 0.835. The van der Waals surface area contributed by atoms with Crippen molar-refractivity contribution in [3.63, 3.8) is 0 Å². The van der Waals surface area contributed by atoms with Crippen LogP contribution >= 0.6 is 0 Å². The molecule has 2 fully saturated rings. The molecule has 1 atom stereocenters. The molecule has 2 aliphatic rings. The summed E-state index contributed by atoms with van der Waals surface area (Å²) in [6.07, 6.45) is 9.46. The summed E-state index contributed by atoms with van der Waals surface area (Å²) in [7, 11) is 0. The van der Waals surface area contributed by atoms with Crippen molar-refractivity contribution < 1.29 is 0 Å². The fraction of sp³-hybridized carbons (Fsp3) is 0.818. The average Bonchev–Trinajstić information content (AvgIpc) is 2.33. The van der Waals surface area contributed by atoms with Gasteiger partial charge in [0.1, 0.15) is 0 Å². The summed E-state index contributed by atoms with van der Waals surface area (Å²) < 4.78 is 0. The van der Waals surface area contributed by atoms with Gasteiger partial charge in [-0.25, -0.2) is 0 Å². The highest BCUT2D eigenvalue weighted by molar-refractivity contribution is 5.10. The van der Waals surface area contributed by atoms with Gasteiger partial charge in [-0.3, -0.25) is 4.90 Å². The first-order chi connectivity index (χ1) is 5.86. The Hall–Kier alpha value is -0.300. The highest BCUT2D eigenvalue weighted by Crippen LogP contribution is 2.25. The molecule has 0 aromatic heterocycles. The molecule has 0 amide bonds. The van der Waals surface area contributed by atoms with Crippen LogP contribution in [0.1, 0.15) is 39.0 Å². The Morgan fingerprint density at radius 2 is 2.25 bits per heavy atom. The molecule has 0 bridgehead atoms. The van der Waals surface area contributed by atoms with E-state index < -0.39 is 0 Å². The van der Waals surface area contributed by atoms with Crippen LogP contribution < -0.4 is 0 Å². The summed E-state index contributed by atoms with van der Waals surface area (Å²) in [4.78, 5) is 2.60. The zero-order valence-electron chi connectivity index (χ0n) is 8.05. The van der Waals surface area contributed by atoms with Crippen LogP contribution in [0.4, 0.5) is 0 Å². The topological polar surface area (TPSA) is 3.24 Å². The van der Waals surface area contributed by atoms with Gasteiger partial charge in [-0.15, -0.1) is 0 Å². The van der Waals surface area contributed by atoms with Crippen LogP contribution in [0.2, 0.25) is 0 Å². The molecule has 1 aliphatic heterocycles. The fourth-order valence-corrected chi connectivity index (χ4v) is 2.10. The van der Waals surface area contributed by atoms with Gasteiger partial charge in [-0.2, -0.15) is 0 Å². The van der Waals surface area contributed by atoms with Crippen LogP contribution in [0, 0.1) is 0 Å². The largest absolute Gasteiger partial charge is 0.297 e. The third kappa shape index (κ3) is 1.71. The lowest BCUT2D eigenvalue weighted by molar-refractivity contribution is 0.296. The van der Waals surface area contributed by atoms with E-state index in [0.717, 1.165) is 6.04 Å². The molecule has 1 unspecified atom stereocenters. The normalized spacial score (nSPS) is 30.4. The Morgan fingerprint density at radius 3 is 2.75 bits per heavy atom. The maximum atomic E-state index is 2.60. The van der Waals surface area contributed by atoms with Crippen LogP contribution in [0.5, 0.6) is 0 Å². The predicted molar refractivity (Wildman–Crippen MR) is 52.2 cm³/mol. The molecule has 1 saturated carbocycles. The van der Waals surface area contributed by atoms with E-state index in [4.69, 9.17) is 0 Å². The van der Waals surface area contributed by atoms with E-state index >= 15 is 0 Å². The summed E-state index contributed by atoms with van der Waals surface area (Å²) >= 11 is 0. The fourth-order valence-electron chi connectivity index (χ4n) is 2.10. The number of rotatable bonds is 2. The second kappa shape index (κ2) is 3.61. The van der Waals surface area contributed by atoms with Crippen molar-refractivity contribution in [3.05, 3.63) is 11.6 Å². The van der Waals surface area contributed by atoms with Crippen molar-refractivity contribution in [1.82, 2.24) is 4.90 Å². The number of nitrogens with zero attached hydrogens (tertiary/aromatic N) is 1. The van der Waals surface area contributed by atoms with Crippen molar-refractivity contribution in [2.24, 2.45) is 0 Å². The molecule has 1 heterocycles. The van der Waals surface area contributed by atoms with Crippen LogP contribution in [0.25, 0.3) is 0 Å². The minimum absolute atomic E-state index is 0.835. The van der Waals surface area contributed by atoms with Gasteiger partial charge in [0.15, 0.2) is 0 Å². The molecular weight excluding hydrogens is 146 g/mol. The van der Waals surface area contributed by atoms with Gasteiger partial charge in [-0.05, 0) is 45.6 Å². The second-order valence-electron chi connectivity index (χ2n) is 4.20. The third-order valence-electron chi connectivity index (χ3n) is 3.30. The molecule has 2 rings (SSSR count). The first-order valence-corrected chi connectivity index (χ1v) is 5.28. The molecule has 1 aliphatic carbocycles. The van der Waals surface area contributed by atoms with Gasteiger partial charge in [0.25, 0.3) is 0 Å². The summed E-state index contributed by atoms with van der Waals surface area (Å²) in [6.45, 7) is 4.90. The molecule has 68 valence electrons. The highest BCUT2D eigenvalue weighted by Gasteiger charge is 2.19. The van der Waals surface area contributed by atoms with Gasteiger partial charge in [0, 0.05) is 12.6 Å². The summed E-state index contributed by atoms with van der Waals surface area (Å²) in [5.74, 6) is 0. The summed E-state index contributed by atoms with van der Waals surface area (Å²) in [5, 5.41) is 0. The van der Waals surface area contributed by atoms with Gasteiger partial charge in [0.05, 0.1) is 0 Å². The molecule has 12 heavy (non-hydrogen) atoms. The maximum absolute atomic E-state index is 2.60. The molecule has 0 radical (unpaired) electrons. The number of hydrogen-bond acceptors (Lipinski definition) is 1. The molecule has 0 N–H and O–H groups in total. The summed E-state index contributed by atoms with van der Waals surface area (Å²) in [6, 6.07) is 0.835. The lowest BCUT2D eigenvalue weighted by Crippen LogP contribution is -2.27. The molecule has 0 spiro atoms. The Kier molecular flexibility index (Phi) is 2.50. The van der Waals surface area contributed by atoms with Crippen LogP contribution in [-0.4, -0.2) is 24.0 Å². The van der Waals surface area contributed by atoms with Gasteiger partial charge >= 0.3 is 0 Å². The van der Waals surface area contributed by atoms with E-state index in [1.165, 1.54) is 45.2 Å².